The fourth-order valence-electron chi connectivity index (χ4n) is 1.35. The summed E-state index contributed by atoms with van der Waals surface area (Å²) in [5.41, 5.74) is 0.788. The van der Waals surface area contributed by atoms with Crippen molar-refractivity contribution < 1.29 is 9.72 Å². The summed E-state index contributed by atoms with van der Waals surface area (Å²) in [5, 5.41) is 21.8. The lowest BCUT2D eigenvalue weighted by atomic mass is 10.1. The highest BCUT2D eigenvalue weighted by molar-refractivity contribution is 5.96. The van der Waals surface area contributed by atoms with Gasteiger partial charge in [-0.3, -0.25) is 14.9 Å². The standard InChI is InChI=1S/C12H13N3O3/c1-8(6-13)7-14-12(16)11-5-10(15(17)18)4-3-9(11)2/h3-5,8H,7H2,1-2H3,(H,14,16). The Balaban J connectivity index is 2.88. The molecule has 0 saturated heterocycles. The molecule has 0 aromatic heterocycles. The lowest BCUT2D eigenvalue weighted by Gasteiger charge is -2.08. The van der Waals surface area contributed by atoms with E-state index < -0.39 is 10.8 Å². The second-order valence-electron chi connectivity index (χ2n) is 4.00. The minimum absolute atomic E-state index is 0.126. The number of nitro groups is 1. The number of carbonyl (C=O) groups excluding carboxylic acids is 1. The SMILES string of the molecule is Cc1ccc([N+](=O)[O-])cc1C(=O)NCC(C)C#N. The number of amides is 1. The first-order chi connectivity index (χ1) is 8.45. The van der Waals surface area contributed by atoms with Crippen molar-refractivity contribution in [1.82, 2.24) is 5.32 Å². The Morgan fingerprint density at radius 1 is 1.61 bits per heavy atom. The summed E-state index contributed by atoms with van der Waals surface area (Å²) in [6, 6.07) is 6.11. The Hall–Kier alpha value is -2.42. The van der Waals surface area contributed by atoms with Crippen molar-refractivity contribution in [2.75, 3.05) is 6.54 Å². The third-order valence-electron chi connectivity index (χ3n) is 2.47. The van der Waals surface area contributed by atoms with Crippen LogP contribution in [0.4, 0.5) is 5.69 Å². The molecule has 1 amide bonds. The molecule has 0 spiro atoms. The molecule has 0 fully saturated rings. The molecule has 1 aromatic carbocycles. The number of aryl methyl sites for hydroxylation is 1. The van der Waals surface area contributed by atoms with Gasteiger partial charge < -0.3 is 5.32 Å². The van der Waals surface area contributed by atoms with Crippen LogP contribution in [0.1, 0.15) is 22.8 Å². The van der Waals surface area contributed by atoms with Crippen LogP contribution in [0.5, 0.6) is 0 Å². The van der Waals surface area contributed by atoms with Gasteiger partial charge in [0.25, 0.3) is 11.6 Å². The quantitative estimate of drug-likeness (QED) is 0.648. The molecule has 0 radical (unpaired) electrons. The zero-order valence-corrected chi connectivity index (χ0v) is 10.1. The first-order valence-electron chi connectivity index (χ1n) is 5.38. The molecule has 0 bridgehead atoms. The molecule has 1 N–H and O–H groups in total. The second-order valence-corrected chi connectivity index (χ2v) is 4.00. The molecule has 0 saturated carbocycles. The van der Waals surface area contributed by atoms with Gasteiger partial charge in [-0.2, -0.15) is 5.26 Å². The first-order valence-corrected chi connectivity index (χ1v) is 5.38. The molecule has 0 aliphatic carbocycles. The molecular weight excluding hydrogens is 234 g/mol. The zero-order chi connectivity index (χ0) is 13.7. The third-order valence-corrected chi connectivity index (χ3v) is 2.47. The topological polar surface area (TPSA) is 96.0 Å². The van der Waals surface area contributed by atoms with Gasteiger partial charge >= 0.3 is 0 Å². The molecule has 1 atom stereocenters. The molecule has 94 valence electrons. The number of carbonyl (C=O) groups is 1. The van der Waals surface area contributed by atoms with Gasteiger partial charge in [0.05, 0.1) is 16.9 Å². The summed E-state index contributed by atoms with van der Waals surface area (Å²) < 4.78 is 0. The Bertz CT molecular complexity index is 520. The maximum atomic E-state index is 11.8. The van der Waals surface area contributed by atoms with Crippen LogP contribution in [-0.2, 0) is 0 Å². The minimum Gasteiger partial charge on any atom is -0.351 e. The zero-order valence-electron chi connectivity index (χ0n) is 10.1. The van der Waals surface area contributed by atoms with Crippen LogP contribution in [0.15, 0.2) is 18.2 Å². The van der Waals surface area contributed by atoms with E-state index in [1.54, 1.807) is 13.8 Å². The molecule has 1 aromatic rings. The molecule has 1 unspecified atom stereocenters. The van der Waals surface area contributed by atoms with Crippen LogP contribution < -0.4 is 5.32 Å². The monoisotopic (exact) mass is 247 g/mol. The number of hydrogen-bond acceptors (Lipinski definition) is 4. The average Bonchev–Trinajstić information content (AvgIpc) is 2.35. The summed E-state index contributed by atoms with van der Waals surface area (Å²) in [4.78, 5) is 21.9. The van der Waals surface area contributed by atoms with Crippen molar-refractivity contribution in [3.8, 4) is 6.07 Å². The van der Waals surface area contributed by atoms with Crippen LogP contribution in [0.3, 0.4) is 0 Å². The summed E-state index contributed by atoms with van der Waals surface area (Å²) in [5.74, 6) is -0.703. The van der Waals surface area contributed by atoms with Gasteiger partial charge in [0.2, 0.25) is 0 Å². The summed E-state index contributed by atoms with van der Waals surface area (Å²) in [7, 11) is 0. The summed E-state index contributed by atoms with van der Waals surface area (Å²) in [6.45, 7) is 3.60. The fraction of sp³-hybridized carbons (Fsp3) is 0.333. The van der Waals surface area contributed by atoms with Crippen molar-refractivity contribution in [3.63, 3.8) is 0 Å². The highest BCUT2D eigenvalue weighted by Gasteiger charge is 2.14. The fourth-order valence-corrected chi connectivity index (χ4v) is 1.35. The molecule has 6 heteroatoms. The van der Waals surface area contributed by atoms with Gasteiger partial charge in [0.1, 0.15) is 0 Å². The van der Waals surface area contributed by atoms with Gasteiger partial charge in [0, 0.05) is 24.2 Å². The van der Waals surface area contributed by atoms with Gasteiger partial charge in [-0.15, -0.1) is 0 Å². The highest BCUT2D eigenvalue weighted by atomic mass is 16.6. The van der Waals surface area contributed by atoms with Crippen LogP contribution in [-0.4, -0.2) is 17.4 Å². The molecular formula is C12H13N3O3. The number of nitro benzene ring substituents is 1. The summed E-state index contributed by atoms with van der Waals surface area (Å²) >= 11 is 0. The maximum Gasteiger partial charge on any atom is 0.270 e. The van der Waals surface area contributed by atoms with Crippen LogP contribution in [0.2, 0.25) is 0 Å². The largest absolute Gasteiger partial charge is 0.351 e. The predicted octanol–water partition coefficient (Wildman–Crippen LogP) is 1.79. The Labute approximate surface area is 104 Å². The van der Waals surface area contributed by atoms with E-state index in [9.17, 15) is 14.9 Å². The van der Waals surface area contributed by atoms with Gasteiger partial charge in [-0.25, -0.2) is 0 Å². The second kappa shape index (κ2) is 5.77. The maximum absolute atomic E-state index is 11.8. The van der Waals surface area contributed by atoms with Crippen molar-refractivity contribution in [2.45, 2.75) is 13.8 Å². The Morgan fingerprint density at radius 2 is 2.28 bits per heavy atom. The normalized spacial score (nSPS) is 11.4. The van der Waals surface area contributed by atoms with Crippen molar-refractivity contribution in [2.24, 2.45) is 5.92 Å². The van der Waals surface area contributed by atoms with Crippen LogP contribution in [0.25, 0.3) is 0 Å². The van der Waals surface area contributed by atoms with E-state index >= 15 is 0 Å². The Morgan fingerprint density at radius 3 is 2.83 bits per heavy atom. The molecule has 0 aliphatic heterocycles. The molecule has 1 rings (SSSR count). The van der Waals surface area contributed by atoms with Gasteiger partial charge in [-0.1, -0.05) is 6.07 Å². The highest BCUT2D eigenvalue weighted by Crippen LogP contribution is 2.17. The van der Waals surface area contributed by atoms with E-state index in [0.29, 0.717) is 5.56 Å². The lowest BCUT2D eigenvalue weighted by Crippen LogP contribution is -2.28. The molecule has 6 nitrogen and oxygen atoms in total. The van der Waals surface area contributed by atoms with Crippen molar-refractivity contribution in [1.29, 1.82) is 5.26 Å². The predicted molar refractivity (Wildman–Crippen MR) is 64.9 cm³/mol. The van der Waals surface area contributed by atoms with Crippen LogP contribution in [0, 0.1) is 34.3 Å². The number of nitrogens with one attached hydrogen (secondary N) is 1. The number of hydrogen-bond donors (Lipinski definition) is 1. The molecule has 0 heterocycles. The van der Waals surface area contributed by atoms with E-state index in [1.165, 1.54) is 18.2 Å². The minimum atomic E-state index is -0.547. The van der Waals surface area contributed by atoms with E-state index in [2.05, 4.69) is 5.32 Å². The van der Waals surface area contributed by atoms with E-state index in [0.717, 1.165) is 0 Å². The van der Waals surface area contributed by atoms with Gasteiger partial charge in [-0.05, 0) is 19.4 Å². The average molecular weight is 247 g/mol. The number of rotatable bonds is 4. The lowest BCUT2D eigenvalue weighted by molar-refractivity contribution is -0.384. The van der Waals surface area contributed by atoms with E-state index in [4.69, 9.17) is 5.26 Å². The number of nitriles is 1. The van der Waals surface area contributed by atoms with Crippen molar-refractivity contribution in [3.05, 3.63) is 39.4 Å². The number of nitrogens with zero attached hydrogens (tertiary/aromatic N) is 2. The smallest absolute Gasteiger partial charge is 0.270 e. The molecule has 18 heavy (non-hydrogen) atoms. The van der Waals surface area contributed by atoms with E-state index in [-0.39, 0.29) is 23.7 Å². The number of benzene rings is 1. The summed E-state index contributed by atoms with van der Waals surface area (Å²) in [6.07, 6.45) is 0. The first kappa shape index (κ1) is 13.6. The molecule has 0 aliphatic rings. The van der Waals surface area contributed by atoms with E-state index in [1.807, 2.05) is 6.07 Å². The van der Waals surface area contributed by atoms with Crippen LogP contribution >= 0.6 is 0 Å². The third kappa shape index (κ3) is 3.28. The van der Waals surface area contributed by atoms with Gasteiger partial charge in [0.15, 0.2) is 0 Å². The Kier molecular flexibility index (Phi) is 4.38. The number of non-ortho nitro benzene ring substituents is 1. The van der Waals surface area contributed by atoms with Crippen molar-refractivity contribution >= 4 is 11.6 Å².